The number of nitrogens with one attached hydrogen (secondary N) is 2. The van der Waals surface area contributed by atoms with E-state index in [2.05, 4.69) is 22.5 Å². The Morgan fingerprint density at radius 2 is 2.30 bits per heavy atom. The van der Waals surface area contributed by atoms with Crippen molar-refractivity contribution in [3.8, 4) is 0 Å². The summed E-state index contributed by atoms with van der Waals surface area (Å²) < 4.78 is 5.19. The van der Waals surface area contributed by atoms with Crippen LogP contribution in [0.25, 0.3) is 0 Å². The van der Waals surface area contributed by atoms with Gasteiger partial charge in [-0.2, -0.15) is 0 Å². The minimum Gasteiger partial charge on any atom is -0.459 e. The van der Waals surface area contributed by atoms with Crippen LogP contribution in [0.1, 0.15) is 57.0 Å². The highest BCUT2D eigenvalue weighted by Crippen LogP contribution is 2.33. The van der Waals surface area contributed by atoms with Crippen molar-refractivity contribution in [2.75, 3.05) is 13.1 Å². The van der Waals surface area contributed by atoms with E-state index in [9.17, 15) is 4.79 Å². The molecule has 6 heteroatoms. The van der Waals surface area contributed by atoms with Gasteiger partial charge < -0.3 is 15.1 Å². The molecule has 0 aromatic carbocycles. The normalized spacial score (nSPS) is 17.0. The van der Waals surface area contributed by atoms with E-state index in [4.69, 9.17) is 4.42 Å². The van der Waals surface area contributed by atoms with Crippen LogP contribution < -0.4 is 10.6 Å². The Morgan fingerprint density at radius 3 is 3.09 bits per heavy atom. The van der Waals surface area contributed by atoms with Gasteiger partial charge >= 0.3 is 0 Å². The van der Waals surface area contributed by atoms with Crippen LogP contribution in [0, 0.1) is 13.8 Å². The van der Waals surface area contributed by atoms with Crippen molar-refractivity contribution < 1.29 is 9.21 Å². The maximum absolute atomic E-state index is 11.9. The lowest BCUT2D eigenvalue weighted by Gasteiger charge is -2.22. The van der Waals surface area contributed by atoms with Crippen LogP contribution in [0.2, 0.25) is 0 Å². The number of thiazole rings is 1. The Kier molecular flexibility index (Phi) is 5.13. The summed E-state index contributed by atoms with van der Waals surface area (Å²) in [5, 5.41) is 7.67. The van der Waals surface area contributed by atoms with Crippen LogP contribution >= 0.6 is 11.3 Å². The highest BCUT2D eigenvalue weighted by molar-refractivity contribution is 7.11. The van der Waals surface area contributed by atoms with E-state index in [0.717, 1.165) is 30.0 Å². The van der Waals surface area contributed by atoms with E-state index in [1.54, 1.807) is 12.3 Å². The molecule has 5 nitrogen and oxygen atoms in total. The highest BCUT2D eigenvalue weighted by atomic mass is 32.1. The largest absolute Gasteiger partial charge is 0.459 e. The molecule has 0 unspecified atom stereocenters. The van der Waals surface area contributed by atoms with E-state index < -0.39 is 0 Å². The highest BCUT2D eigenvalue weighted by Gasteiger charge is 2.23. The molecule has 1 aliphatic rings. The van der Waals surface area contributed by atoms with Gasteiger partial charge in [-0.05, 0) is 52.1 Å². The average molecular weight is 333 g/mol. The van der Waals surface area contributed by atoms with E-state index in [1.807, 2.05) is 18.3 Å². The van der Waals surface area contributed by atoms with Crippen LogP contribution in [0.3, 0.4) is 0 Å². The van der Waals surface area contributed by atoms with Gasteiger partial charge in [-0.3, -0.25) is 4.79 Å². The number of aromatic nitrogens is 1. The number of carbonyl (C=O) groups is 1. The van der Waals surface area contributed by atoms with Crippen LogP contribution in [-0.4, -0.2) is 24.0 Å². The van der Waals surface area contributed by atoms with Crippen molar-refractivity contribution in [3.63, 3.8) is 0 Å². The number of hydrogen-bond donors (Lipinski definition) is 2. The average Bonchev–Trinajstić information content (AvgIpc) is 3.11. The maximum atomic E-state index is 11.9. The van der Waals surface area contributed by atoms with E-state index in [1.165, 1.54) is 23.4 Å². The summed E-state index contributed by atoms with van der Waals surface area (Å²) in [5.41, 5.74) is 2.15. The van der Waals surface area contributed by atoms with Gasteiger partial charge in [-0.25, -0.2) is 4.98 Å². The summed E-state index contributed by atoms with van der Waals surface area (Å²) in [4.78, 5) is 17.9. The molecule has 0 saturated carbocycles. The zero-order valence-electron chi connectivity index (χ0n) is 13.6. The summed E-state index contributed by atoms with van der Waals surface area (Å²) in [6.07, 6.45) is 5.92. The Morgan fingerprint density at radius 1 is 1.43 bits per heavy atom. The third-order valence-corrected chi connectivity index (χ3v) is 5.28. The number of rotatable bonds is 6. The summed E-state index contributed by atoms with van der Waals surface area (Å²) in [7, 11) is 0. The van der Waals surface area contributed by atoms with Gasteiger partial charge in [0.15, 0.2) is 5.76 Å². The van der Waals surface area contributed by atoms with Crippen molar-refractivity contribution >= 4 is 17.2 Å². The van der Waals surface area contributed by atoms with Gasteiger partial charge in [0.1, 0.15) is 0 Å². The van der Waals surface area contributed by atoms with Gasteiger partial charge in [0.2, 0.25) is 0 Å². The zero-order valence-corrected chi connectivity index (χ0v) is 14.5. The number of amides is 1. The van der Waals surface area contributed by atoms with Crippen molar-refractivity contribution in [2.45, 2.75) is 45.6 Å². The SMILES string of the molecule is Cc1nc2c(s1)[C@@H](NCCCNC(=O)c1occc1C)CCC2. The van der Waals surface area contributed by atoms with Crippen molar-refractivity contribution in [1.82, 2.24) is 15.6 Å². The lowest BCUT2D eigenvalue weighted by molar-refractivity contribution is 0.0924. The predicted molar refractivity (Wildman–Crippen MR) is 90.9 cm³/mol. The van der Waals surface area contributed by atoms with Gasteiger partial charge in [0.05, 0.1) is 17.0 Å². The first kappa shape index (κ1) is 16.2. The first-order valence-electron chi connectivity index (χ1n) is 8.17. The molecule has 0 spiro atoms. The zero-order chi connectivity index (χ0) is 16.2. The van der Waals surface area contributed by atoms with E-state index in [0.29, 0.717) is 18.3 Å². The fraction of sp³-hybridized carbons (Fsp3) is 0.529. The molecule has 0 saturated heterocycles. The van der Waals surface area contributed by atoms with Crippen LogP contribution in [-0.2, 0) is 6.42 Å². The Labute approximate surface area is 140 Å². The van der Waals surface area contributed by atoms with Gasteiger partial charge in [-0.15, -0.1) is 11.3 Å². The maximum Gasteiger partial charge on any atom is 0.287 e. The topological polar surface area (TPSA) is 67.2 Å². The number of nitrogens with zero attached hydrogens (tertiary/aromatic N) is 1. The fourth-order valence-corrected chi connectivity index (χ4v) is 4.07. The molecular formula is C17H23N3O2S. The molecule has 0 fully saturated rings. The minimum atomic E-state index is -0.134. The van der Waals surface area contributed by atoms with Gasteiger partial charge in [0.25, 0.3) is 5.91 Å². The first-order valence-corrected chi connectivity index (χ1v) is 8.98. The van der Waals surface area contributed by atoms with Crippen molar-refractivity contribution in [3.05, 3.63) is 39.2 Å². The second kappa shape index (κ2) is 7.27. The minimum absolute atomic E-state index is 0.134. The van der Waals surface area contributed by atoms with Gasteiger partial charge in [0, 0.05) is 23.0 Å². The molecule has 2 aromatic rings. The van der Waals surface area contributed by atoms with Crippen molar-refractivity contribution in [2.24, 2.45) is 0 Å². The van der Waals surface area contributed by atoms with Crippen molar-refractivity contribution in [1.29, 1.82) is 0 Å². The summed E-state index contributed by atoms with van der Waals surface area (Å²) in [6.45, 7) is 5.48. The number of hydrogen-bond acceptors (Lipinski definition) is 5. The lowest BCUT2D eigenvalue weighted by Crippen LogP contribution is -2.30. The van der Waals surface area contributed by atoms with Crippen LogP contribution in [0.4, 0.5) is 0 Å². The molecule has 0 bridgehead atoms. The molecule has 1 amide bonds. The lowest BCUT2D eigenvalue weighted by atomic mass is 9.98. The third-order valence-electron chi connectivity index (χ3n) is 4.16. The molecule has 23 heavy (non-hydrogen) atoms. The smallest absolute Gasteiger partial charge is 0.287 e. The fourth-order valence-electron chi connectivity index (χ4n) is 2.99. The molecule has 0 radical (unpaired) electrons. The molecule has 1 aliphatic carbocycles. The first-order chi connectivity index (χ1) is 11.1. The van der Waals surface area contributed by atoms with Gasteiger partial charge in [-0.1, -0.05) is 0 Å². The molecule has 2 heterocycles. The molecule has 2 N–H and O–H groups in total. The molecule has 2 aromatic heterocycles. The monoisotopic (exact) mass is 333 g/mol. The summed E-state index contributed by atoms with van der Waals surface area (Å²) in [5.74, 6) is 0.278. The molecule has 124 valence electrons. The molecule has 1 atom stereocenters. The second-order valence-electron chi connectivity index (χ2n) is 5.98. The second-order valence-corrected chi connectivity index (χ2v) is 7.22. The Bertz CT molecular complexity index is 677. The standard InChI is InChI=1S/C17H23N3O2S/c1-11-7-10-22-15(11)17(21)19-9-4-8-18-13-5-3-6-14-16(13)23-12(2)20-14/h7,10,13,18H,3-6,8-9H2,1-2H3,(H,19,21)/t13-/m0/s1. The Balaban J connectivity index is 1.41. The summed E-state index contributed by atoms with van der Waals surface area (Å²) >= 11 is 1.81. The molecular weight excluding hydrogens is 310 g/mol. The predicted octanol–water partition coefficient (Wildman–Crippen LogP) is 3.14. The Hall–Kier alpha value is -1.66. The third kappa shape index (κ3) is 3.82. The number of furan rings is 1. The van der Waals surface area contributed by atoms with Crippen LogP contribution in [0.5, 0.6) is 0 Å². The van der Waals surface area contributed by atoms with E-state index >= 15 is 0 Å². The molecule has 0 aliphatic heterocycles. The number of aryl methyl sites for hydroxylation is 3. The number of carbonyl (C=O) groups excluding carboxylic acids is 1. The van der Waals surface area contributed by atoms with E-state index in [-0.39, 0.29) is 5.91 Å². The summed E-state index contributed by atoms with van der Waals surface area (Å²) in [6, 6.07) is 2.22. The van der Waals surface area contributed by atoms with Crippen LogP contribution in [0.15, 0.2) is 16.7 Å². The number of fused-ring (bicyclic) bond motifs is 1. The quantitative estimate of drug-likeness (QED) is 0.797. The molecule has 3 rings (SSSR count).